The maximum Gasteiger partial charge on any atom is 0.138 e. The molecule has 5 rings (SSSR count). The molecule has 0 spiro atoms. The highest BCUT2D eigenvalue weighted by Crippen LogP contribution is 2.40. The molecule has 2 saturated heterocycles. The number of aromatic nitrogens is 2. The fourth-order valence-corrected chi connectivity index (χ4v) is 5.57. The summed E-state index contributed by atoms with van der Waals surface area (Å²) in [4.78, 5) is 10.1. The molecule has 5 heterocycles. The molecule has 30 heavy (non-hydrogen) atoms. The molecule has 2 fully saturated rings. The first-order valence-corrected chi connectivity index (χ1v) is 11.3. The molecule has 0 bridgehead atoms. The van der Waals surface area contributed by atoms with Gasteiger partial charge >= 0.3 is 0 Å². The first kappa shape index (κ1) is 19.6. The molecule has 2 aromatic heterocycles. The van der Waals surface area contributed by atoms with Crippen molar-refractivity contribution in [2.75, 3.05) is 38.1 Å². The van der Waals surface area contributed by atoms with Crippen LogP contribution in [0.15, 0.2) is 48.3 Å². The number of pyridine rings is 1. The number of likely N-dealkylation sites (N-methyl/N-ethyl adjacent to an activating group) is 1. The first-order chi connectivity index (χ1) is 14.6. The molecule has 0 saturated carbocycles. The molecule has 3 aliphatic heterocycles. The van der Waals surface area contributed by atoms with E-state index in [1.807, 2.05) is 0 Å². The van der Waals surface area contributed by atoms with E-state index in [1.165, 1.54) is 29.9 Å². The van der Waals surface area contributed by atoms with Crippen LogP contribution in [-0.2, 0) is 0 Å². The predicted octanol–water partition coefficient (Wildman–Crippen LogP) is 3.09. The van der Waals surface area contributed by atoms with Crippen LogP contribution in [0.2, 0.25) is 0 Å². The Morgan fingerprint density at radius 2 is 2.00 bits per heavy atom. The van der Waals surface area contributed by atoms with Crippen molar-refractivity contribution in [2.24, 2.45) is 0 Å². The molecule has 0 aromatic carbocycles. The van der Waals surface area contributed by atoms with Gasteiger partial charge in [0.2, 0.25) is 0 Å². The van der Waals surface area contributed by atoms with Gasteiger partial charge in [0.25, 0.3) is 0 Å². The smallest absolute Gasteiger partial charge is 0.138 e. The minimum absolute atomic E-state index is 0.0344. The van der Waals surface area contributed by atoms with Crippen molar-refractivity contribution in [3.63, 3.8) is 0 Å². The number of allylic oxidation sites excluding steroid dienone is 2. The van der Waals surface area contributed by atoms with Gasteiger partial charge in [0.1, 0.15) is 11.5 Å². The maximum atomic E-state index is 5.09. The number of nitrogens with one attached hydrogen (secondary N) is 2. The minimum Gasteiger partial charge on any atom is -0.380 e. The van der Waals surface area contributed by atoms with E-state index in [0.717, 1.165) is 38.2 Å². The lowest BCUT2D eigenvalue weighted by Crippen LogP contribution is -2.60. The van der Waals surface area contributed by atoms with Gasteiger partial charge in [0.05, 0.1) is 17.3 Å². The number of piperazine rings is 1. The lowest BCUT2D eigenvalue weighted by atomic mass is 9.77. The number of hydrogen-bond donors (Lipinski definition) is 2. The average molecular weight is 407 g/mol. The number of piperidine rings is 1. The standard InChI is InChI=1S/C24H34N6/c1-18-7-6-12-26-24(18,2)21-9-4-8-20(28(21)3)19-17-30-22(27-19)10-5-11-23(30)29-15-13-25-14-16-29/h5-7,10-12,17,20-21,25-26H,4,8-9,13-16H2,1-3H3/t20-,21+,24?/m1/s1. The molecule has 2 aromatic rings. The molecule has 6 nitrogen and oxygen atoms in total. The Morgan fingerprint density at radius 1 is 1.17 bits per heavy atom. The Morgan fingerprint density at radius 3 is 2.80 bits per heavy atom. The Bertz CT molecular complexity index is 969. The topological polar surface area (TPSA) is 47.8 Å². The van der Waals surface area contributed by atoms with E-state index in [0.29, 0.717) is 12.1 Å². The van der Waals surface area contributed by atoms with Gasteiger partial charge in [-0.05, 0) is 70.1 Å². The van der Waals surface area contributed by atoms with E-state index in [1.54, 1.807) is 0 Å². The molecule has 160 valence electrons. The zero-order valence-corrected chi connectivity index (χ0v) is 18.4. The predicted molar refractivity (Wildman–Crippen MR) is 123 cm³/mol. The van der Waals surface area contributed by atoms with Gasteiger partial charge in [-0.15, -0.1) is 0 Å². The molecule has 1 unspecified atom stereocenters. The monoisotopic (exact) mass is 406 g/mol. The third kappa shape index (κ3) is 3.22. The number of hydrogen-bond acceptors (Lipinski definition) is 5. The van der Waals surface area contributed by atoms with Crippen molar-refractivity contribution < 1.29 is 0 Å². The Hall–Kier alpha value is -2.31. The highest BCUT2D eigenvalue weighted by molar-refractivity contribution is 5.53. The summed E-state index contributed by atoms with van der Waals surface area (Å²) in [6.45, 7) is 8.76. The van der Waals surface area contributed by atoms with Crippen LogP contribution in [0.4, 0.5) is 5.82 Å². The van der Waals surface area contributed by atoms with Gasteiger partial charge in [-0.25, -0.2) is 4.98 Å². The van der Waals surface area contributed by atoms with E-state index in [-0.39, 0.29) is 5.54 Å². The lowest BCUT2D eigenvalue weighted by molar-refractivity contribution is 0.0645. The van der Waals surface area contributed by atoms with E-state index in [2.05, 4.69) is 88.5 Å². The van der Waals surface area contributed by atoms with Crippen LogP contribution in [-0.4, -0.2) is 59.1 Å². The number of rotatable bonds is 3. The molecule has 0 radical (unpaired) electrons. The van der Waals surface area contributed by atoms with Crippen LogP contribution >= 0.6 is 0 Å². The van der Waals surface area contributed by atoms with Crippen LogP contribution in [0.25, 0.3) is 5.65 Å². The normalized spacial score (nSPS) is 30.4. The van der Waals surface area contributed by atoms with Crippen molar-refractivity contribution in [2.45, 2.75) is 50.7 Å². The fourth-order valence-electron chi connectivity index (χ4n) is 5.57. The summed E-state index contributed by atoms with van der Waals surface area (Å²) in [6.07, 6.45) is 12.3. The first-order valence-electron chi connectivity index (χ1n) is 11.3. The molecule has 6 heteroatoms. The van der Waals surface area contributed by atoms with Gasteiger partial charge in [-0.2, -0.15) is 0 Å². The van der Waals surface area contributed by atoms with E-state index in [9.17, 15) is 0 Å². The SMILES string of the molecule is CC1=CC=CNC1(C)[C@@H]1CCC[C@H](c2cn3c(N4CCNCC4)cccc3n2)N1C. The zero-order valence-electron chi connectivity index (χ0n) is 18.4. The third-order valence-electron chi connectivity index (χ3n) is 7.52. The van der Waals surface area contributed by atoms with E-state index in [4.69, 9.17) is 4.98 Å². The molecule has 0 amide bonds. The van der Waals surface area contributed by atoms with Gasteiger partial charge in [0, 0.05) is 38.4 Å². The number of dihydropyridines is 1. The van der Waals surface area contributed by atoms with Crippen molar-refractivity contribution in [1.29, 1.82) is 0 Å². The summed E-state index contributed by atoms with van der Waals surface area (Å²) in [5, 5.41) is 7.12. The summed E-state index contributed by atoms with van der Waals surface area (Å²) in [5.74, 6) is 1.26. The van der Waals surface area contributed by atoms with Crippen LogP contribution < -0.4 is 15.5 Å². The number of fused-ring (bicyclic) bond motifs is 1. The van der Waals surface area contributed by atoms with Crippen molar-refractivity contribution in [3.8, 4) is 0 Å². The maximum absolute atomic E-state index is 5.09. The Balaban J connectivity index is 1.46. The largest absolute Gasteiger partial charge is 0.380 e. The highest BCUT2D eigenvalue weighted by atomic mass is 15.3. The van der Waals surface area contributed by atoms with E-state index >= 15 is 0 Å². The Labute approximate surface area is 179 Å². The van der Waals surface area contributed by atoms with Crippen molar-refractivity contribution in [1.82, 2.24) is 24.9 Å². The summed E-state index contributed by atoms with van der Waals surface area (Å²) in [5.41, 5.74) is 3.62. The van der Waals surface area contributed by atoms with Gasteiger partial charge in [-0.3, -0.25) is 9.30 Å². The molecular weight excluding hydrogens is 372 g/mol. The van der Waals surface area contributed by atoms with Crippen molar-refractivity contribution >= 4 is 11.5 Å². The van der Waals surface area contributed by atoms with Crippen LogP contribution in [0.1, 0.15) is 44.8 Å². The number of anilines is 1. The second-order valence-corrected chi connectivity index (χ2v) is 9.20. The summed E-state index contributed by atoms with van der Waals surface area (Å²) in [7, 11) is 2.29. The zero-order chi connectivity index (χ0) is 20.7. The Kier molecular flexibility index (Phi) is 5.07. The second kappa shape index (κ2) is 7.75. The van der Waals surface area contributed by atoms with Crippen LogP contribution in [0, 0.1) is 0 Å². The summed E-state index contributed by atoms with van der Waals surface area (Å²) >= 11 is 0. The van der Waals surface area contributed by atoms with Crippen molar-refractivity contribution in [3.05, 3.63) is 54.0 Å². The quantitative estimate of drug-likeness (QED) is 0.820. The summed E-state index contributed by atoms with van der Waals surface area (Å²) < 4.78 is 2.30. The molecular formula is C24H34N6. The molecule has 0 aliphatic carbocycles. The van der Waals surface area contributed by atoms with Gasteiger partial charge in [-0.1, -0.05) is 12.1 Å². The van der Waals surface area contributed by atoms with Gasteiger partial charge < -0.3 is 15.5 Å². The average Bonchev–Trinajstić information content (AvgIpc) is 3.21. The fraction of sp³-hybridized carbons (Fsp3) is 0.542. The van der Waals surface area contributed by atoms with Crippen LogP contribution in [0.5, 0.6) is 0 Å². The van der Waals surface area contributed by atoms with E-state index < -0.39 is 0 Å². The second-order valence-electron chi connectivity index (χ2n) is 9.20. The molecule has 3 aliphatic rings. The van der Waals surface area contributed by atoms with Crippen LogP contribution in [0.3, 0.4) is 0 Å². The van der Waals surface area contributed by atoms with Gasteiger partial charge in [0.15, 0.2) is 0 Å². The minimum atomic E-state index is -0.0344. The number of likely N-dealkylation sites (tertiary alicyclic amines) is 1. The lowest BCUT2D eigenvalue weighted by Gasteiger charge is -2.49. The third-order valence-corrected chi connectivity index (χ3v) is 7.52. The number of nitrogens with zero attached hydrogens (tertiary/aromatic N) is 4. The highest BCUT2D eigenvalue weighted by Gasteiger charge is 2.43. The number of imidazole rings is 1. The molecule has 3 atom stereocenters. The molecule has 2 N–H and O–H groups in total. The summed E-state index contributed by atoms with van der Waals surface area (Å²) in [6, 6.07) is 7.29.